The molecule has 0 fully saturated rings. The van der Waals surface area contributed by atoms with E-state index in [1.807, 2.05) is 12.1 Å². The standard InChI is InChI=1S/C12H9ClINO3/c13-7-1-3-10(9(14)5-7)15-6-8-2-4-11(18-8)12(16)17/h1-5,15H,6H2,(H,16,17). The molecular formula is C12H9ClINO3. The lowest BCUT2D eigenvalue weighted by Gasteiger charge is -2.07. The van der Waals surface area contributed by atoms with Gasteiger partial charge in [-0.05, 0) is 52.9 Å². The first kappa shape index (κ1) is 13.2. The summed E-state index contributed by atoms with van der Waals surface area (Å²) in [5.74, 6) is -0.557. The maximum Gasteiger partial charge on any atom is 0.371 e. The molecule has 1 aromatic carbocycles. The Bertz CT molecular complexity index is 582. The number of carbonyl (C=O) groups is 1. The normalized spacial score (nSPS) is 10.3. The van der Waals surface area contributed by atoms with Crippen LogP contribution in [0.3, 0.4) is 0 Å². The van der Waals surface area contributed by atoms with E-state index in [2.05, 4.69) is 27.9 Å². The lowest BCUT2D eigenvalue weighted by molar-refractivity contribution is 0.0660. The Morgan fingerprint density at radius 3 is 2.78 bits per heavy atom. The number of halogens is 2. The van der Waals surface area contributed by atoms with E-state index in [0.717, 1.165) is 9.26 Å². The van der Waals surface area contributed by atoms with E-state index in [-0.39, 0.29) is 5.76 Å². The molecule has 0 bridgehead atoms. The van der Waals surface area contributed by atoms with Crippen LogP contribution in [0.2, 0.25) is 5.02 Å². The molecule has 1 aromatic heterocycles. The van der Waals surface area contributed by atoms with Crippen LogP contribution in [0.1, 0.15) is 16.3 Å². The molecule has 94 valence electrons. The second-order valence-electron chi connectivity index (χ2n) is 3.55. The molecule has 0 saturated heterocycles. The Labute approximate surface area is 122 Å². The zero-order chi connectivity index (χ0) is 13.1. The van der Waals surface area contributed by atoms with Crippen LogP contribution in [-0.4, -0.2) is 11.1 Å². The van der Waals surface area contributed by atoms with Crippen LogP contribution in [0.4, 0.5) is 5.69 Å². The van der Waals surface area contributed by atoms with Gasteiger partial charge in [0.05, 0.1) is 6.54 Å². The van der Waals surface area contributed by atoms with E-state index in [1.165, 1.54) is 6.07 Å². The number of benzene rings is 1. The van der Waals surface area contributed by atoms with Gasteiger partial charge < -0.3 is 14.8 Å². The monoisotopic (exact) mass is 377 g/mol. The summed E-state index contributed by atoms with van der Waals surface area (Å²) < 4.78 is 6.13. The van der Waals surface area contributed by atoms with E-state index in [4.69, 9.17) is 21.1 Å². The van der Waals surface area contributed by atoms with Crippen LogP contribution in [0.25, 0.3) is 0 Å². The molecule has 18 heavy (non-hydrogen) atoms. The summed E-state index contributed by atoms with van der Waals surface area (Å²) in [5.41, 5.74) is 0.924. The number of furan rings is 1. The summed E-state index contributed by atoms with van der Waals surface area (Å²) >= 11 is 8.03. The van der Waals surface area contributed by atoms with Crippen molar-refractivity contribution in [3.8, 4) is 0 Å². The van der Waals surface area contributed by atoms with Gasteiger partial charge in [-0.15, -0.1) is 0 Å². The predicted molar refractivity (Wildman–Crippen MR) is 77.2 cm³/mol. The second-order valence-corrected chi connectivity index (χ2v) is 5.15. The highest BCUT2D eigenvalue weighted by Crippen LogP contribution is 2.23. The van der Waals surface area contributed by atoms with Crippen molar-refractivity contribution in [2.24, 2.45) is 0 Å². The maximum atomic E-state index is 10.7. The third-order valence-corrected chi connectivity index (χ3v) is 3.38. The molecule has 0 atom stereocenters. The van der Waals surface area contributed by atoms with Crippen LogP contribution in [0.5, 0.6) is 0 Å². The van der Waals surface area contributed by atoms with Gasteiger partial charge >= 0.3 is 5.97 Å². The molecule has 2 aromatic rings. The predicted octanol–water partition coefficient (Wildman–Crippen LogP) is 3.85. The molecule has 0 spiro atoms. The number of aromatic carboxylic acids is 1. The Hall–Kier alpha value is -1.21. The summed E-state index contributed by atoms with van der Waals surface area (Å²) in [4.78, 5) is 10.7. The van der Waals surface area contributed by atoms with Crippen LogP contribution < -0.4 is 5.32 Å². The number of hydrogen-bond donors (Lipinski definition) is 2. The molecule has 0 aliphatic carbocycles. The molecule has 0 unspecified atom stereocenters. The summed E-state index contributed by atoms with van der Waals surface area (Å²) in [7, 11) is 0. The highest BCUT2D eigenvalue weighted by molar-refractivity contribution is 14.1. The van der Waals surface area contributed by atoms with Crippen molar-refractivity contribution in [1.29, 1.82) is 0 Å². The van der Waals surface area contributed by atoms with Crippen LogP contribution in [0, 0.1) is 3.57 Å². The Morgan fingerprint density at radius 2 is 2.17 bits per heavy atom. The average molecular weight is 378 g/mol. The fourth-order valence-corrected chi connectivity index (χ4v) is 2.47. The molecule has 6 heteroatoms. The van der Waals surface area contributed by atoms with Gasteiger partial charge in [0.25, 0.3) is 0 Å². The fourth-order valence-electron chi connectivity index (χ4n) is 1.40. The van der Waals surface area contributed by atoms with Crippen molar-refractivity contribution in [1.82, 2.24) is 0 Å². The Balaban J connectivity index is 2.04. The smallest absolute Gasteiger partial charge is 0.371 e. The van der Waals surface area contributed by atoms with Crippen molar-refractivity contribution in [2.75, 3.05) is 5.32 Å². The van der Waals surface area contributed by atoms with Crippen LogP contribution >= 0.6 is 34.2 Å². The van der Waals surface area contributed by atoms with Gasteiger partial charge in [-0.2, -0.15) is 0 Å². The van der Waals surface area contributed by atoms with Gasteiger partial charge in [0.1, 0.15) is 5.76 Å². The SMILES string of the molecule is O=C(O)c1ccc(CNc2ccc(Cl)cc2I)o1. The quantitative estimate of drug-likeness (QED) is 0.795. The van der Waals surface area contributed by atoms with Crippen molar-refractivity contribution in [2.45, 2.75) is 6.54 Å². The molecule has 0 aliphatic rings. The lowest BCUT2D eigenvalue weighted by atomic mass is 10.3. The van der Waals surface area contributed by atoms with Crippen molar-refractivity contribution in [3.63, 3.8) is 0 Å². The maximum absolute atomic E-state index is 10.7. The first-order valence-corrected chi connectivity index (χ1v) is 6.53. The first-order chi connectivity index (χ1) is 8.56. The van der Waals surface area contributed by atoms with Gasteiger partial charge in [0, 0.05) is 14.3 Å². The van der Waals surface area contributed by atoms with E-state index < -0.39 is 5.97 Å². The van der Waals surface area contributed by atoms with E-state index >= 15 is 0 Å². The van der Waals surface area contributed by atoms with Crippen LogP contribution in [-0.2, 0) is 6.54 Å². The van der Waals surface area contributed by atoms with Gasteiger partial charge in [-0.3, -0.25) is 0 Å². The lowest BCUT2D eigenvalue weighted by Crippen LogP contribution is -2.00. The third kappa shape index (κ3) is 3.17. The zero-order valence-corrected chi connectivity index (χ0v) is 12.0. The summed E-state index contributed by atoms with van der Waals surface area (Å²) in [6, 6.07) is 8.57. The highest BCUT2D eigenvalue weighted by atomic mass is 127. The number of hydrogen-bond acceptors (Lipinski definition) is 3. The minimum atomic E-state index is -1.07. The molecular weight excluding hydrogens is 368 g/mol. The van der Waals surface area contributed by atoms with Gasteiger partial charge in [-0.1, -0.05) is 11.6 Å². The minimum Gasteiger partial charge on any atom is -0.475 e. The van der Waals surface area contributed by atoms with E-state index in [0.29, 0.717) is 17.3 Å². The summed E-state index contributed by atoms with van der Waals surface area (Å²) in [5, 5.41) is 12.6. The summed E-state index contributed by atoms with van der Waals surface area (Å²) in [6.45, 7) is 0.422. The van der Waals surface area contributed by atoms with Gasteiger partial charge in [-0.25, -0.2) is 4.79 Å². The third-order valence-electron chi connectivity index (χ3n) is 2.26. The number of nitrogens with one attached hydrogen (secondary N) is 1. The van der Waals surface area contributed by atoms with Gasteiger partial charge in [0.2, 0.25) is 5.76 Å². The highest BCUT2D eigenvalue weighted by Gasteiger charge is 2.09. The molecule has 0 radical (unpaired) electrons. The molecule has 2 rings (SSSR count). The Kier molecular flexibility index (Phi) is 4.13. The molecule has 1 heterocycles. The Morgan fingerprint density at radius 1 is 1.39 bits per heavy atom. The number of carboxylic acids is 1. The molecule has 0 saturated carbocycles. The van der Waals surface area contributed by atoms with Crippen molar-refractivity contribution < 1.29 is 14.3 Å². The van der Waals surface area contributed by atoms with E-state index in [1.54, 1.807) is 12.1 Å². The second kappa shape index (κ2) is 5.62. The number of anilines is 1. The topological polar surface area (TPSA) is 62.5 Å². The van der Waals surface area contributed by atoms with Gasteiger partial charge in [0.15, 0.2) is 0 Å². The fraction of sp³-hybridized carbons (Fsp3) is 0.0833. The molecule has 2 N–H and O–H groups in total. The van der Waals surface area contributed by atoms with Crippen LogP contribution in [0.15, 0.2) is 34.7 Å². The first-order valence-electron chi connectivity index (χ1n) is 5.07. The summed E-state index contributed by atoms with van der Waals surface area (Å²) in [6.07, 6.45) is 0. The minimum absolute atomic E-state index is 0.0578. The largest absolute Gasteiger partial charge is 0.475 e. The van der Waals surface area contributed by atoms with E-state index in [9.17, 15) is 4.79 Å². The molecule has 4 nitrogen and oxygen atoms in total. The number of rotatable bonds is 4. The van der Waals surface area contributed by atoms with Crippen molar-refractivity contribution in [3.05, 3.63) is 50.4 Å². The zero-order valence-electron chi connectivity index (χ0n) is 9.11. The number of carboxylic acid groups (broad SMARTS) is 1. The average Bonchev–Trinajstić information content (AvgIpc) is 2.76. The van der Waals surface area contributed by atoms with Crippen molar-refractivity contribution >= 4 is 45.8 Å². The molecule has 0 aliphatic heterocycles. The molecule has 0 amide bonds.